The highest BCUT2D eigenvalue weighted by molar-refractivity contribution is 5.75. The highest BCUT2D eigenvalue weighted by Crippen LogP contribution is 2.18. The van der Waals surface area contributed by atoms with E-state index in [1.54, 1.807) is 11.9 Å². The lowest BCUT2D eigenvalue weighted by atomic mass is 10.0. The molecule has 2 rings (SSSR count). The first-order valence-corrected chi connectivity index (χ1v) is 8.07. The minimum Gasteiger partial charge on any atom is -0.448 e. The first kappa shape index (κ1) is 16.1. The first-order chi connectivity index (χ1) is 10.2. The summed E-state index contributed by atoms with van der Waals surface area (Å²) >= 11 is 0. The van der Waals surface area contributed by atoms with Gasteiger partial charge in [-0.3, -0.25) is 9.69 Å². The fraction of sp³-hybridized carbons (Fsp3) is 0.867. The summed E-state index contributed by atoms with van der Waals surface area (Å²) < 4.78 is 5.47. The highest BCUT2D eigenvalue weighted by Gasteiger charge is 2.26. The van der Waals surface area contributed by atoms with E-state index < -0.39 is 0 Å². The van der Waals surface area contributed by atoms with Gasteiger partial charge in [0.15, 0.2) is 0 Å². The molecule has 2 heterocycles. The van der Waals surface area contributed by atoms with E-state index in [1.165, 1.54) is 6.42 Å². The number of hydrogen-bond acceptors (Lipinski definition) is 4. The maximum absolute atomic E-state index is 11.9. The predicted molar refractivity (Wildman–Crippen MR) is 80.1 cm³/mol. The van der Waals surface area contributed by atoms with E-state index in [0.717, 1.165) is 51.9 Å². The van der Waals surface area contributed by atoms with Gasteiger partial charge in [0.25, 0.3) is 0 Å². The number of rotatable bonds is 5. The number of ether oxygens (including phenoxy) is 1. The summed E-state index contributed by atoms with van der Waals surface area (Å²) in [5.41, 5.74) is 0. The third-order valence-electron chi connectivity index (χ3n) is 4.42. The minimum absolute atomic E-state index is 0.0633. The van der Waals surface area contributed by atoms with E-state index in [-0.39, 0.29) is 18.0 Å². The van der Waals surface area contributed by atoms with E-state index in [0.29, 0.717) is 13.0 Å². The number of nitrogens with one attached hydrogen (secondary N) is 1. The molecule has 2 saturated heterocycles. The lowest BCUT2D eigenvalue weighted by molar-refractivity contribution is -0.121. The summed E-state index contributed by atoms with van der Waals surface area (Å²) in [7, 11) is 1.66. The lowest BCUT2D eigenvalue weighted by Crippen LogP contribution is -2.45. The average Bonchev–Trinajstić information content (AvgIpc) is 3.05. The second-order valence-electron chi connectivity index (χ2n) is 5.88. The largest absolute Gasteiger partial charge is 0.448 e. The monoisotopic (exact) mass is 297 g/mol. The smallest absolute Gasteiger partial charge is 0.409 e. The number of hydrogen-bond donors (Lipinski definition) is 1. The summed E-state index contributed by atoms with van der Waals surface area (Å²) in [6.07, 6.45) is 5.86. The molecule has 1 N–H and O–H groups in total. The SMILES string of the molecule is CNC(=O)CCN1CCCCC1COC(=O)N1CCCC1. The normalized spacial score (nSPS) is 23.1. The van der Waals surface area contributed by atoms with Gasteiger partial charge in [0.2, 0.25) is 5.91 Å². The number of amides is 2. The van der Waals surface area contributed by atoms with E-state index in [4.69, 9.17) is 4.74 Å². The lowest BCUT2D eigenvalue weighted by Gasteiger charge is -2.35. The summed E-state index contributed by atoms with van der Waals surface area (Å²) in [5, 5.41) is 2.65. The Labute approximate surface area is 126 Å². The van der Waals surface area contributed by atoms with Crippen LogP contribution in [0.1, 0.15) is 38.5 Å². The molecule has 6 heteroatoms. The van der Waals surface area contributed by atoms with Crippen molar-refractivity contribution < 1.29 is 14.3 Å². The van der Waals surface area contributed by atoms with Gasteiger partial charge in [0, 0.05) is 39.1 Å². The van der Waals surface area contributed by atoms with Crippen molar-refractivity contribution in [1.82, 2.24) is 15.1 Å². The fourth-order valence-corrected chi connectivity index (χ4v) is 3.07. The fourth-order valence-electron chi connectivity index (χ4n) is 3.07. The Kier molecular flexibility index (Phi) is 6.29. The molecule has 0 radical (unpaired) electrons. The highest BCUT2D eigenvalue weighted by atomic mass is 16.6. The number of nitrogens with zero attached hydrogens (tertiary/aromatic N) is 2. The second-order valence-corrected chi connectivity index (χ2v) is 5.88. The van der Waals surface area contributed by atoms with E-state index in [9.17, 15) is 9.59 Å². The van der Waals surface area contributed by atoms with Crippen LogP contribution >= 0.6 is 0 Å². The molecule has 0 spiro atoms. The van der Waals surface area contributed by atoms with Crippen molar-refractivity contribution in [3.63, 3.8) is 0 Å². The number of carbonyl (C=O) groups is 2. The zero-order valence-corrected chi connectivity index (χ0v) is 13.0. The molecule has 2 fully saturated rings. The second kappa shape index (κ2) is 8.22. The van der Waals surface area contributed by atoms with Crippen molar-refractivity contribution >= 4 is 12.0 Å². The molecule has 120 valence electrons. The van der Waals surface area contributed by atoms with Gasteiger partial charge in [-0.2, -0.15) is 0 Å². The molecule has 1 unspecified atom stereocenters. The van der Waals surface area contributed by atoms with E-state index in [2.05, 4.69) is 10.2 Å². The molecular weight excluding hydrogens is 270 g/mol. The Morgan fingerprint density at radius 2 is 1.86 bits per heavy atom. The van der Waals surface area contributed by atoms with Crippen molar-refractivity contribution in [3.8, 4) is 0 Å². The Balaban J connectivity index is 1.75. The van der Waals surface area contributed by atoms with Crippen LogP contribution in [0.4, 0.5) is 4.79 Å². The summed E-state index contributed by atoms with van der Waals surface area (Å²) in [6, 6.07) is 0.259. The van der Waals surface area contributed by atoms with Gasteiger partial charge in [-0.15, -0.1) is 0 Å². The van der Waals surface area contributed by atoms with Crippen LogP contribution in [0.25, 0.3) is 0 Å². The molecule has 6 nitrogen and oxygen atoms in total. The quantitative estimate of drug-likeness (QED) is 0.828. The molecule has 0 saturated carbocycles. The topological polar surface area (TPSA) is 61.9 Å². The van der Waals surface area contributed by atoms with Crippen LogP contribution in [-0.2, 0) is 9.53 Å². The van der Waals surface area contributed by atoms with Crippen LogP contribution in [0.3, 0.4) is 0 Å². The van der Waals surface area contributed by atoms with Gasteiger partial charge in [-0.25, -0.2) is 4.79 Å². The van der Waals surface area contributed by atoms with E-state index >= 15 is 0 Å². The zero-order chi connectivity index (χ0) is 15.1. The van der Waals surface area contributed by atoms with Crippen LogP contribution in [0.15, 0.2) is 0 Å². The molecular formula is C15H27N3O3. The summed E-state index contributed by atoms with van der Waals surface area (Å²) in [4.78, 5) is 27.4. The molecule has 2 aliphatic heterocycles. The van der Waals surface area contributed by atoms with Gasteiger partial charge in [-0.1, -0.05) is 6.42 Å². The standard InChI is InChI=1S/C15H27N3O3/c1-16-14(19)7-11-17-8-3-2-6-13(17)12-21-15(20)18-9-4-5-10-18/h13H,2-12H2,1H3,(H,16,19). The minimum atomic E-state index is -0.177. The van der Waals surface area contributed by atoms with Crippen LogP contribution < -0.4 is 5.32 Å². The molecule has 1 atom stereocenters. The van der Waals surface area contributed by atoms with Crippen molar-refractivity contribution in [2.75, 3.05) is 39.8 Å². The number of carbonyl (C=O) groups excluding carboxylic acids is 2. The van der Waals surface area contributed by atoms with Gasteiger partial charge in [0.1, 0.15) is 6.61 Å². The maximum atomic E-state index is 11.9. The van der Waals surface area contributed by atoms with Crippen molar-refractivity contribution in [3.05, 3.63) is 0 Å². The summed E-state index contributed by atoms with van der Waals surface area (Å²) in [6.45, 7) is 3.82. The Hall–Kier alpha value is -1.30. The molecule has 2 aliphatic rings. The van der Waals surface area contributed by atoms with Crippen molar-refractivity contribution in [1.29, 1.82) is 0 Å². The molecule has 0 aliphatic carbocycles. The Morgan fingerprint density at radius 3 is 2.57 bits per heavy atom. The molecule has 0 aromatic heterocycles. The third kappa shape index (κ3) is 4.88. The van der Waals surface area contributed by atoms with Gasteiger partial charge in [0.05, 0.1) is 0 Å². The van der Waals surface area contributed by atoms with Gasteiger partial charge in [-0.05, 0) is 32.2 Å². The van der Waals surface area contributed by atoms with E-state index in [1.807, 2.05) is 0 Å². The zero-order valence-electron chi connectivity index (χ0n) is 13.0. The maximum Gasteiger partial charge on any atom is 0.409 e. The molecule has 0 aromatic carbocycles. The van der Waals surface area contributed by atoms with Crippen LogP contribution in [0, 0.1) is 0 Å². The molecule has 2 amide bonds. The van der Waals surface area contributed by atoms with Gasteiger partial charge >= 0.3 is 6.09 Å². The number of piperidine rings is 1. The predicted octanol–water partition coefficient (Wildman–Crippen LogP) is 1.21. The van der Waals surface area contributed by atoms with Crippen molar-refractivity contribution in [2.24, 2.45) is 0 Å². The van der Waals surface area contributed by atoms with Crippen LogP contribution in [0.2, 0.25) is 0 Å². The summed E-state index contributed by atoms with van der Waals surface area (Å²) in [5.74, 6) is 0.0633. The van der Waals surface area contributed by atoms with Gasteiger partial charge < -0.3 is 15.0 Å². The molecule has 21 heavy (non-hydrogen) atoms. The Bertz CT molecular complexity index is 356. The van der Waals surface area contributed by atoms with Crippen molar-refractivity contribution in [2.45, 2.75) is 44.6 Å². The number of likely N-dealkylation sites (tertiary alicyclic amines) is 2. The van der Waals surface area contributed by atoms with Crippen LogP contribution in [-0.4, -0.2) is 67.7 Å². The first-order valence-electron chi connectivity index (χ1n) is 8.07. The van der Waals surface area contributed by atoms with Crippen LogP contribution in [0.5, 0.6) is 0 Å². The molecule has 0 bridgehead atoms. The molecule has 0 aromatic rings. The Morgan fingerprint density at radius 1 is 1.14 bits per heavy atom. The average molecular weight is 297 g/mol. The third-order valence-corrected chi connectivity index (χ3v) is 4.42.